The van der Waals surface area contributed by atoms with E-state index < -0.39 is 0 Å². The monoisotopic (exact) mass is 372 g/mol. The molecule has 3 aromatic rings. The molecule has 0 fully saturated rings. The maximum absolute atomic E-state index is 5.03. The molecule has 0 spiro atoms. The summed E-state index contributed by atoms with van der Waals surface area (Å²) in [6.45, 7) is 11.7. The fraction of sp³-hybridized carbons (Fsp3) is 0.346. The zero-order valence-corrected chi connectivity index (χ0v) is 17.7. The molecule has 0 aliphatic heterocycles. The SMILES string of the molecule is CCc1cccc(CC)c1-c1ccc(CN(CC)Cc2ccccc2)c(C)n1. The Morgan fingerprint density at radius 1 is 0.714 bits per heavy atom. The van der Waals surface area contributed by atoms with Crippen LogP contribution in [0, 0.1) is 6.92 Å². The Morgan fingerprint density at radius 3 is 1.96 bits per heavy atom. The molecule has 0 radical (unpaired) electrons. The first-order valence-electron chi connectivity index (χ1n) is 10.5. The van der Waals surface area contributed by atoms with Crippen molar-refractivity contribution in [1.29, 1.82) is 0 Å². The van der Waals surface area contributed by atoms with Crippen molar-refractivity contribution < 1.29 is 0 Å². The molecule has 0 aliphatic carbocycles. The third-order valence-electron chi connectivity index (χ3n) is 5.54. The Labute approximate surface area is 170 Å². The first kappa shape index (κ1) is 20.3. The van der Waals surface area contributed by atoms with Crippen molar-refractivity contribution in [3.63, 3.8) is 0 Å². The molecule has 2 nitrogen and oxygen atoms in total. The van der Waals surface area contributed by atoms with Gasteiger partial charge in [-0.15, -0.1) is 0 Å². The molecule has 0 bridgehead atoms. The summed E-state index contributed by atoms with van der Waals surface area (Å²) in [6, 6.07) is 21.8. The minimum atomic E-state index is 0.931. The number of hydrogen-bond donors (Lipinski definition) is 0. The second kappa shape index (κ2) is 9.66. The summed E-state index contributed by atoms with van der Waals surface area (Å²) in [4.78, 5) is 7.50. The van der Waals surface area contributed by atoms with Gasteiger partial charge in [-0.25, -0.2) is 0 Å². The Balaban J connectivity index is 1.85. The van der Waals surface area contributed by atoms with Crippen LogP contribution in [0.4, 0.5) is 0 Å². The highest BCUT2D eigenvalue weighted by Crippen LogP contribution is 2.28. The lowest BCUT2D eigenvalue weighted by Gasteiger charge is -2.22. The van der Waals surface area contributed by atoms with Gasteiger partial charge in [0.05, 0.1) is 5.69 Å². The first-order valence-corrected chi connectivity index (χ1v) is 10.5. The number of aryl methyl sites for hydroxylation is 3. The van der Waals surface area contributed by atoms with Crippen molar-refractivity contribution in [1.82, 2.24) is 9.88 Å². The minimum absolute atomic E-state index is 0.931. The maximum Gasteiger partial charge on any atom is 0.0710 e. The van der Waals surface area contributed by atoms with Crippen LogP contribution in [0.3, 0.4) is 0 Å². The molecule has 2 aromatic carbocycles. The number of benzene rings is 2. The summed E-state index contributed by atoms with van der Waals surface area (Å²) in [5.41, 5.74) is 9.03. The van der Waals surface area contributed by atoms with E-state index in [1.165, 1.54) is 27.8 Å². The number of hydrogen-bond acceptors (Lipinski definition) is 2. The van der Waals surface area contributed by atoms with Crippen molar-refractivity contribution in [2.45, 2.75) is 53.6 Å². The van der Waals surface area contributed by atoms with Crippen molar-refractivity contribution in [3.8, 4) is 11.3 Å². The van der Waals surface area contributed by atoms with E-state index in [1.54, 1.807) is 0 Å². The molecular weight excluding hydrogens is 340 g/mol. The Kier molecular flexibility index (Phi) is 7.00. The van der Waals surface area contributed by atoms with Gasteiger partial charge in [-0.2, -0.15) is 0 Å². The molecule has 0 saturated carbocycles. The van der Waals surface area contributed by atoms with Gasteiger partial charge in [-0.1, -0.05) is 75.4 Å². The van der Waals surface area contributed by atoms with Crippen LogP contribution < -0.4 is 0 Å². The van der Waals surface area contributed by atoms with Crippen LogP contribution in [0.15, 0.2) is 60.7 Å². The minimum Gasteiger partial charge on any atom is -0.295 e. The Bertz CT molecular complexity index is 877. The van der Waals surface area contributed by atoms with Crippen LogP contribution in [0.5, 0.6) is 0 Å². The van der Waals surface area contributed by atoms with Crippen LogP contribution in [0.2, 0.25) is 0 Å². The van der Waals surface area contributed by atoms with E-state index in [1.807, 2.05) is 0 Å². The lowest BCUT2D eigenvalue weighted by Crippen LogP contribution is -2.23. The molecule has 1 heterocycles. The summed E-state index contributed by atoms with van der Waals surface area (Å²) in [5, 5.41) is 0. The van der Waals surface area contributed by atoms with Crippen LogP contribution in [0.1, 0.15) is 48.7 Å². The van der Waals surface area contributed by atoms with E-state index >= 15 is 0 Å². The zero-order chi connectivity index (χ0) is 19.9. The molecule has 0 unspecified atom stereocenters. The van der Waals surface area contributed by atoms with E-state index in [9.17, 15) is 0 Å². The molecule has 0 aliphatic rings. The van der Waals surface area contributed by atoms with Gasteiger partial charge in [0.2, 0.25) is 0 Å². The highest BCUT2D eigenvalue weighted by Gasteiger charge is 2.13. The summed E-state index contributed by atoms with van der Waals surface area (Å²) in [7, 11) is 0. The Morgan fingerprint density at radius 2 is 1.39 bits per heavy atom. The number of nitrogens with zero attached hydrogens (tertiary/aromatic N) is 2. The predicted molar refractivity (Wildman–Crippen MR) is 119 cm³/mol. The van der Waals surface area contributed by atoms with Gasteiger partial charge >= 0.3 is 0 Å². The molecule has 146 valence electrons. The second-order valence-electron chi connectivity index (χ2n) is 7.39. The highest BCUT2D eigenvalue weighted by atomic mass is 15.1. The molecule has 0 atom stereocenters. The molecule has 0 saturated heterocycles. The third-order valence-corrected chi connectivity index (χ3v) is 5.54. The Hall–Kier alpha value is -2.45. The molecule has 0 amide bonds. The topological polar surface area (TPSA) is 16.1 Å². The summed E-state index contributed by atoms with van der Waals surface area (Å²) >= 11 is 0. The summed E-state index contributed by atoms with van der Waals surface area (Å²) in [5.74, 6) is 0. The zero-order valence-electron chi connectivity index (χ0n) is 17.7. The molecule has 2 heteroatoms. The highest BCUT2D eigenvalue weighted by molar-refractivity contribution is 5.68. The maximum atomic E-state index is 5.03. The molecule has 3 rings (SSSR count). The predicted octanol–water partition coefficient (Wildman–Crippen LogP) is 6.20. The van der Waals surface area contributed by atoms with Crippen molar-refractivity contribution >= 4 is 0 Å². The van der Waals surface area contributed by atoms with E-state index in [-0.39, 0.29) is 0 Å². The van der Waals surface area contributed by atoms with Gasteiger partial charge in [-0.3, -0.25) is 9.88 Å². The molecular formula is C26H32N2. The average Bonchev–Trinajstić information content (AvgIpc) is 2.74. The summed E-state index contributed by atoms with van der Waals surface area (Å²) < 4.78 is 0. The third kappa shape index (κ3) is 4.69. The van der Waals surface area contributed by atoms with E-state index in [0.29, 0.717) is 0 Å². The van der Waals surface area contributed by atoms with E-state index in [4.69, 9.17) is 4.98 Å². The first-order chi connectivity index (χ1) is 13.7. The van der Waals surface area contributed by atoms with E-state index in [2.05, 4.69) is 93.3 Å². The smallest absolute Gasteiger partial charge is 0.0710 e. The number of rotatable bonds is 8. The van der Waals surface area contributed by atoms with Crippen molar-refractivity contribution in [2.75, 3.05) is 6.54 Å². The average molecular weight is 373 g/mol. The summed E-state index contributed by atoms with van der Waals surface area (Å²) in [6.07, 6.45) is 2.07. The standard InChI is InChI=1S/C26H32N2/c1-5-22-14-11-15-23(6-2)26(22)25-17-16-24(20(4)27-25)19-28(7-3)18-21-12-9-8-10-13-21/h8-17H,5-7,18-19H2,1-4H3. The fourth-order valence-corrected chi connectivity index (χ4v) is 3.83. The van der Waals surface area contributed by atoms with Crippen molar-refractivity contribution in [3.05, 3.63) is 88.6 Å². The molecule has 28 heavy (non-hydrogen) atoms. The van der Waals surface area contributed by atoms with Crippen LogP contribution in [0.25, 0.3) is 11.3 Å². The second-order valence-corrected chi connectivity index (χ2v) is 7.39. The number of pyridine rings is 1. The lowest BCUT2D eigenvalue weighted by atomic mass is 9.94. The van der Waals surface area contributed by atoms with Gasteiger partial charge in [0.15, 0.2) is 0 Å². The van der Waals surface area contributed by atoms with Crippen LogP contribution in [-0.2, 0) is 25.9 Å². The quantitative estimate of drug-likeness (QED) is 0.468. The number of aromatic nitrogens is 1. The van der Waals surface area contributed by atoms with Crippen LogP contribution in [-0.4, -0.2) is 16.4 Å². The van der Waals surface area contributed by atoms with Crippen molar-refractivity contribution in [2.24, 2.45) is 0 Å². The van der Waals surface area contributed by atoms with Gasteiger partial charge in [0, 0.05) is 24.3 Å². The van der Waals surface area contributed by atoms with Crippen LogP contribution >= 0.6 is 0 Å². The molecule has 1 aromatic heterocycles. The van der Waals surface area contributed by atoms with Gasteiger partial charge in [-0.05, 0) is 54.6 Å². The van der Waals surface area contributed by atoms with Gasteiger partial charge in [0.1, 0.15) is 0 Å². The largest absolute Gasteiger partial charge is 0.295 e. The van der Waals surface area contributed by atoms with Gasteiger partial charge < -0.3 is 0 Å². The van der Waals surface area contributed by atoms with E-state index in [0.717, 1.165) is 43.9 Å². The fourth-order valence-electron chi connectivity index (χ4n) is 3.83. The normalized spacial score (nSPS) is 11.2. The lowest BCUT2D eigenvalue weighted by molar-refractivity contribution is 0.270. The van der Waals surface area contributed by atoms with Gasteiger partial charge in [0.25, 0.3) is 0 Å². The molecule has 0 N–H and O–H groups in total.